The summed E-state index contributed by atoms with van der Waals surface area (Å²) in [6.45, 7) is 0. The maximum atomic E-state index is 12.8. The van der Waals surface area contributed by atoms with Gasteiger partial charge in [-0.1, -0.05) is 11.6 Å². The molecule has 0 fully saturated rings. The van der Waals surface area contributed by atoms with Gasteiger partial charge in [0.2, 0.25) is 0 Å². The molecule has 0 N–H and O–H groups in total. The predicted molar refractivity (Wildman–Crippen MR) is 51.8 cm³/mol. The van der Waals surface area contributed by atoms with Gasteiger partial charge in [-0.2, -0.15) is 0 Å². The minimum absolute atomic E-state index is 0.146. The monoisotopic (exact) mass is 334 g/mol. The molecule has 0 saturated carbocycles. The van der Waals surface area contributed by atoms with Crippen LogP contribution < -0.4 is 0 Å². The lowest BCUT2D eigenvalue weighted by Gasteiger charge is -1.98. The molecule has 0 amide bonds. The first-order chi connectivity index (χ1) is 4.63. The van der Waals surface area contributed by atoms with Crippen LogP contribution in [0.1, 0.15) is 0 Å². The first-order valence-electron chi connectivity index (χ1n) is 2.42. The molecule has 0 spiro atoms. The van der Waals surface area contributed by atoms with E-state index in [0.29, 0.717) is 4.47 Å². The van der Waals surface area contributed by atoms with Gasteiger partial charge >= 0.3 is 0 Å². The van der Waals surface area contributed by atoms with E-state index in [2.05, 4.69) is 15.9 Å². The van der Waals surface area contributed by atoms with Crippen molar-refractivity contribution in [3.8, 4) is 0 Å². The Labute approximate surface area is 85.0 Å². The summed E-state index contributed by atoms with van der Waals surface area (Å²) in [6.07, 6.45) is 0. The van der Waals surface area contributed by atoms with Gasteiger partial charge in [-0.15, -0.1) is 0 Å². The van der Waals surface area contributed by atoms with Crippen LogP contribution >= 0.6 is 50.1 Å². The third-order valence-corrected chi connectivity index (χ3v) is 3.70. The van der Waals surface area contributed by atoms with E-state index < -0.39 is 5.82 Å². The molecule has 0 saturated heterocycles. The summed E-state index contributed by atoms with van der Waals surface area (Å²) in [6, 6.07) is 3.28. The molecule has 0 heterocycles. The Hall–Kier alpha value is 0.650. The molecule has 0 aromatic heterocycles. The lowest BCUT2D eigenvalue weighted by Crippen LogP contribution is -1.82. The van der Waals surface area contributed by atoms with Crippen LogP contribution in [0.5, 0.6) is 0 Å². The van der Waals surface area contributed by atoms with Crippen molar-refractivity contribution in [2.75, 3.05) is 0 Å². The molecule has 0 unspecified atom stereocenters. The highest BCUT2D eigenvalue weighted by Crippen LogP contribution is 2.27. The second-order valence-electron chi connectivity index (χ2n) is 1.66. The summed E-state index contributed by atoms with van der Waals surface area (Å²) in [5.41, 5.74) is 0. The first-order valence-corrected chi connectivity index (χ1v) is 4.67. The summed E-state index contributed by atoms with van der Waals surface area (Å²) >= 11 is 10.6. The lowest BCUT2D eigenvalue weighted by atomic mass is 10.3. The third-order valence-electron chi connectivity index (χ3n) is 0.988. The van der Waals surface area contributed by atoms with Crippen molar-refractivity contribution < 1.29 is 4.39 Å². The largest absolute Gasteiger partial charge is 0.204 e. The summed E-state index contributed by atoms with van der Waals surface area (Å²) < 4.78 is 14.1. The number of hydrogen-bond donors (Lipinski definition) is 0. The minimum atomic E-state index is -0.395. The molecule has 0 nitrogen and oxygen atoms in total. The molecule has 1 rings (SSSR count). The third kappa shape index (κ3) is 1.62. The second kappa shape index (κ2) is 3.36. The van der Waals surface area contributed by atoms with E-state index in [4.69, 9.17) is 11.6 Å². The van der Waals surface area contributed by atoms with Gasteiger partial charge in [0.15, 0.2) is 5.82 Å². The Morgan fingerprint density at radius 2 is 2.10 bits per heavy atom. The fourth-order valence-corrected chi connectivity index (χ4v) is 1.54. The molecule has 4 heteroatoms. The van der Waals surface area contributed by atoms with Crippen LogP contribution in [0.2, 0.25) is 5.02 Å². The van der Waals surface area contributed by atoms with E-state index in [9.17, 15) is 4.39 Å². The fraction of sp³-hybridized carbons (Fsp3) is 0. The minimum Gasteiger partial charge on any atom is -0.204 e. The van der Waals surface area contributed by atoms with Crippen LogP contribution in [-0.4, -0.2) is 0 Å². The highest BCUT2D eigenvalue weighted by atomic mass is 127. The van der Waals surface area contributed by atoms with Gasteiger partial charge in [0.05, 0.1) is 9.50 Å². The topological polar surface area (TPSA) is 0 Å². The van der Waals surface area contributed by atoms with Gasteiger partial charge in [-0.3, -0.25) is 0 Å². The Balaban J connectivity index is 3.34. The SMILES string of the molecule is Fc1c(Cl)ccc(I)c1Br. The van der Waals surface area contributed by atoms with Crippen LogP contribution in [0.25, 0.3) is 0 Å². The molecule has 0 aliphatic rings. The van der Waals surface area contributed by atoms with Crippen LogP contribution in [0.4, 0.5) is 4.39 Å². The summed E-state index contributed by atoms with van der Waals surface area (Å²) in [7, 11) is 0. The zero-order chi connectivity index (χ0) is 7.72. The van der Waals surface area contributed by atoms with Crippen molar-refractivity contribution in [2.45, 2.75) is 0 Å². The van der Waals surface area contributed by atoms with Crippen molar-refractivity contribution in [3.05, 3.63) is 31.0 Å². The molecule has 0 bridgehead atoms. The normalized spacial score (nSPS) is 10.0. The van der Waals surface area contributed by atoms with E-state index in [-0.39, 0.29) is 5.02 Å². The predicted octanol–water partition coefficient (Wildman–Crippen LogP) is 3.85. The average Bonchev–Trinajstić information content (AvgIpc) is 1.93. The van der Waals surface area contributed by atoms with Crippen LogP contribution in [0, 0.1) is 9.39 Å². The number of halogens is 4. The molecule has 10 heavy (non-hydrogen) atoms. The zero-order valence-electron chi connectivity index (χ0n) is 4.67. The fourth-order valence-electron chi connectivity index (χ4n) is 0.502. The Morgan fingerprint density at radius 3 is 2.60 bits per heavy atom. The van der Waals surface area contributed by atoms with Gasteiger partial charge in [-0.25, -0.2) is 4.39 Å². The van der Waals surface area contributed by atoms with Crippen molar-refractivity contribution in [1.29, 1.82) is 0 Å². The molecule has 1 aromatic rings. The molecular weight excluding hydrogens is 333 g/mol. The summed E-state index contributed by atoms with van der Waals surface area (Å²) in [5, 5.41) is 0.146. The molecule has 0 atom stereocenters. The molecule has 0 radical (unpaired) electrons. The van der Waals surface area contributed by atoms with E-state index in [1.54, 1.807) is 6.07 Å². The van der Waals surface area contributed by atoms with E-state index in [1.165, 1.54) is 6.07 Å². The van der Waals surface area contributed by atoms with Crippen LogP contribution in [0.3, 0.4) is 0 Å². The van der Waals surface area contributed by atoms with E-state index in [0.717, 1.165) is 3.57 Å². The Morgan fingerprint density at radius 1 is 1.50 bits per heavy atom. The standard InChI is InChI=1S/C6H2BrClFI/c7-5-4(10)2-1-3(8)6(5)9/h1-2H. The lowest BCUT2D eigenvalue weighted by molar-refractivity contribution is 0.620. The van der Waals surface area contributed by atoms with E-state index in [1.807, 2.05) is 22.6 Å². The summed E-state index contributed by atoms with van der Waals surface area (Å²) in [5.74, 6) is -0.395. The highest BCUT2D eigenvalue weighted by molar-refractivity contribution is 14.1. The molecule has 0 aliphatic heterocycles. The van der Waals surface area contributed by atoms with Crippen LogP contribution in [-0.2, 0) is 0 Å². The van der Waals surface area contributed by atoms with Crippen molar-refractivity contribution in [2.24, 2.45) is 0 Å². The van der Waals surface area contributed by atoms with Crippen LogP contribution in [0.15, 0.2) is 16.6 Å². The smallest absolute Gasteiger partial charge is 0.157 e. The highest BCUT2D eigenvalue weighted by Gasteiger charge is 2.06. The van der Waals surface area contributed by atoms with E-state index >= 15 is 0 Å². The zero-order valence-corrected chi connectivity index (χ0v) is 9.17. The molecular formula is C6H2BrClFI. The molecule has 1 aromatic carbocycles. The van der Waals surface area contributed by atoms with Crippen molar-refractivity contribution >= 4 is 50.1 Å². The van der Waals surface area contributed by atoms with Crippen molar-refractivity contribution in [3.63, 3.8) is 0 Å². The average molecular weight is 335 g/mol. The number of benzene rings is 1. The second-order valence-corrected chi connectivity index (χ2v) is 4.02. The molecule has 54 valence electrons. The Bertz CT molecular complexity index is 237. The number of hydrogen-bond acceptors (Lipinski definition) is 0. The maximum Gasteiger partial charge on any atom is 0.157 e. The van der Waals surface area contributed by atoms with Crippen molar-refractivity contribution in [1.82, 2.24) is 0 Å². The van der Waals surface area contributed by atoms with Gasteiger partial charge in [-0.05, 0) is 50.7 Å². The van der Waals surface area contributed by atoms with Gasteiger partial charge < -0.3 is 0 Å². The maximum absolute atomic E-state index is 12.8. The number of rotatable bonds is 0. The quantitative estimate of drug-likeness (QED) is 0.384. The molecule has 0 aliphatic carbocycles. The summed E-state index contributed by atoms with van der Waals surface area (Å²) in [4.78, 5) is 0. The first kappa shape index (κ1) is 8.74. The van der Waals surface area contributed by atoms with Gasteiger partial charge in [0.25, 0.3) is 0 Å². The Kier molecular flexibility index (Phi) is 2.94. The van der Waals surface area contributed by atoms with Gasteiger partial charge in [0, 0.05) is 3.57 Å². The van der Waals surface area contributed by atoms with Gasteiger partial charge in [0.1, 0.15) is 0 Å².